The van der Waals surface area contributed by atoms with Crippen molar-refractivity contribution in [3.05, 3.63) is 0 Å². The first-order valence-electron chi connectivity index (χ1n) is 7.11. The number of likely N-dealkylation sites (tertiary alicyclic amines) is 2. The van der Waals surface area contributed by atoms with E-state index in [9.17, 15) is 14.4 Å². The molecule has 0 radical (unpaired) electrons. The van der Waals surface area contributed by atoms with Crippen LogP contribution in [0.1, 0.15) is 39.5 Å². The average molecular weight is 266 g/mol. The number of nitrogens with zero attached hydrogens (tertiary/aromatic N) is 2. The molecule has 0 bridgehead atoms. The van der Waals surface area contributed by atoms with Crippen LogP contribution in [0, 0.1) is 11.8 Å². The Morgan fingerprint density at radius 1 is 1.32 bits per heavy atom. The standard InChI is InChI=1S/C14H22N2O3/c1-10-5-7-15(9-10)12(17)4-3-6-16-13(18)8-11(2)14(16)19/h10-11H,3-9H2,1-2H3/t10-,11?/m0/s1. The van der Waals surface area contributed by atoms with Crippen LogP contribution < -0.4 is 0 Å². The van der Waals surface area contributed by atoms with E-state index in [2.05, 4.69) is 6.92 Å². The summed E-state index contributed by atoms with van der Waals surface area (Å²) < 4.78 is 0. The van der Waals surface area contributed by atoms with Gasteiger partial charge in [0.15, 0.2) is 0 Å². The molecular weight excluding hydrogens is 244 g/mol. The second-order valence-electron chi connectivity index (χ2n) is 5.83. The molecule has 2 fully saturated rings. The van der Waals surface area contributed by atoms with Gasteiger partial charge in [0.05, 0.1) is 0 Å². The predicted octanol–water partition coefficient (Wildman–Crippen LogP) is 1.03. The smallest absolute Gasteiger partial charge is 0.232 e. The number of imide groups is 1. The van der Waals surface area contributed by atoms with Crippen LogP contribution in [0.5, 0.6) is 0 Å². The minimum absolute atomic E-state index is 0.0905. The molecule has 5 heteroatoms. The van der Waals surface area contributed by atoms with Crippen LogP contribution in [-0.2, 0) is 14.4 Å². The fourth-order valence-corrected chi connectivity index (χ4v) is 2.79. The summed E-state index contributed by atoms with van der Waals surface area (Å²) in [6.45, 7) is 6.00. The summed E-state index contributed by atoms with van der Waals surface area (Å²) in [5.41, 5.74) is 0. The van der Waals surface area contributed by atoms with E-state index in [-0.39, 0.29) is 23.6 Å². The Morgan fingerprint density at radius 3 is 2.58 bits per heavy atom. The molecule has 2 saturated heterocycles. The van der Waals surface area contributed by atoms with Crippen molar-refractivity contribution in [1.82, 2.24) is 9.80 Å². The van der Waals surface area contributed by atoms with Crippen LogP contribution in [0.15, 0.2) is 0 Å². The Kier molecular flexibility index (Phi) is 4.22. The summed E-state index contributed by atoms with van der Waals surface area (Å²) in [7, 11) is 0. The molecule has 0 aromatic heterocycles. The maximum atomic E-state index is 11.9. The number of hydrogen-bond donors (Lipinski definition) is 0. The summed E-state index contributed by atoms with van der Waals surface area (Å²) in [5, 5.41) is 0. The van der Waals surface area contributed by atoms with Gasteiger partial charge in [-0.3, -0.25) is 19.3 Å². The van der Waals surface area contributed by atoms with Gasteiger partial charge >= 0.3 is 0 Å². The van der Waals surface area contributed by atoms with E-state index >= 15 is 0 Å². The summed E-state index contributed by atoms with van der Waals surface area (Å²) in [5.74, 6) is 0.359. The second kappa shape index (κ2) is 5.72. The third kappa shape index (κ3) is 3.14. The van der Waals surface area contributed by atoms with E-state index in [1.807, 2.05) is 4.90 Å². The van der Waals surface area contributed by atoms with Crippen LogP contribution >= 0.6 is 0 Å². The normalized spacial score (nSPS) is 27.5. The van der Waals surface area contributed by atoms with Gasteiger partial charge in [-0.2, -0.15) is 0 Å². The number of amides is 3. The Labute approximate surface area is 113 Å². The summed E-state index contributed by atoms with van der Waals surface area (Å²) >= 11 is 0. The number of rotatable bonds is 4. The van der Waals surface area contributed by atoms with Gasteiger partial charge in [0, 0.05) is 38.4 Å². The van der Waals surface area contributed by atoms with Crippen molar-refractivity contribution < 1.29 is 14.4 Å². The van der Waals surface area contributed by atoms with E-state index in [0.717, 1.165) is 19.5 Å². The molecule has 2 aliphatic heterocycles. The minimum Gasteiger partial charge on any atom is -0.342 e. The second-order valence-corrected chi connectivity index (χ2v) is 5.83. The van der Waals surface area contributed by atoms with E-state index in [1.54, 1.807) is 6.92 Å². The van der Waals surface area contributed by atoms with Gasteiger partial charge in [0.2, 0.25) is 17.7 Å². The third-order valence-corrected chi connectivity index (χ3v) is 4.02. The zero-order chi connectivity index (χ0) is 14.0. The molecular formula is C14H22N2O3. The molecule has 0 aromatic carbocycles. The van der Waals surface area contributed by atoms with E-state index < -0.39 is 0 Å². The molecule has 2 rings (SSSR count). The van der Waals surface area contributed by atoms with Crippen molar-refractivity contribution in [2.75, 3.05) is 19.6 Å². The summed E-state index contributed by atoms with van der Waals surface area (Å²) in [6, 6.07) is 0. The van der Waals surface area contributed by atoms with Gasteiger partial charge in [0.1, 0.15) is 0 Å². The lowest BCUT2D eigenvalue weighted by Gasteiger charge is -2.17. The van der Waals surface area contributed by atoms with E-state index in [4.69, 9.17) is 0 Å². The number of hydrogen-bond acceptors (Lipinski definition) is 3. The Morgan fingerprint density at radius 2 is 2.05 bits per heavy atom. The highest BCUT2D eigenvalue weighted by molar-refractivity contribution is 6.03. The summed E-state index contributed by atoms with van der Waals surface area (Å²) in [6.07, 6.45) is 2.40. The zero-order valence-corrected chi connectivity index (χ0v) is 11.7. The lowest BCUT2D eigenvalue weighted by atomic mass is 10.1. The first-order valence-corrected chi connectivity index (χ1v) is 7.11. The van der Waals surface area contributed by atoms with E-state index in [1.165, 1.54) is 4.90 Å². The highest BCUT2D eigenvalue weighted by Crippen LogP contribution is 2.20. The van der Waals surface area contributed by atoms with Crippen LogP contribution in [-0.4, -0.2) is 47.2 Å². The lowest BCUT2D eigenvalue weighted by molar-refractivity contribution is -0.140. The van der Waals surface area contributed by atoms with Gasteiger partial charge in [0.25, 0.3) is 0 Å². The molecule has 0 saturated carbocycles. The van der Waals surface area contributed by atoms with Gasteiger partial charge in [-0.05, 0) is 18.8 Å². The van der Waals surface area contributed by atoms with Crippen LogP contribution in [0.3, 0.4) is 0 Å². The molecule has 5 nitrogen and oxygen atoms in total. The average Bonchev–Trinajstić information content (AvgIpc) is 2.88. The molecule has 0 aliphatic carbocycles. The topological polar surface area (TPSA) is 57.7 Å². The van der Waals surface area contributed by atoms with Crippen molar-refractivity contribution in [2.24, 2.45) is 11.8 Å². The lowest BCUT2D eigenvalue weighted by Crippen LogP contribution is -2.33. The molecule has 106 valence electrons. The molecule has 0 spiro atoms. The quantitative estimate of drug-likeness (QED) is 0.714. The highest BCUT2D eigenvalue weighted by Gasteiger charge is 2.35. The molecule has 19 heavy (non-hydrogen) atoms. The molecule has 2 atom stereocenters. The third-order valence-electron chi connectivity index (χ3n) is 4.02. The first kappa shape index (κ1) is 14.0. The SMILES string of the molecule is CC1CC(=O)N(CCCC(=O)N2CC[C@H](C)C2)C1=O. The van der Waals surface area contributed by atoms with Crippen molar-refractivity contribution in [1.29, 1.82) is 0 Å². The fourth-order valence-electron chi connectivity index (χ4n) is 2.79. The van der Waals surface area contributed by atoms with Crippen molar-refractivity contribution in [3.8, 4) is 0 Å². The van der Waals surface area contributed by atoms with Gasteiger partial charge in [-0.15, -0.1) is 0 Å². The van der Waals surface area contributed by atoms with Crippen molar-refractivity contribution in [2.45, 2.75) is 39.5 Å². The monoisotopic (exact) mass is 266 g/mol. The van der Waals surface area contributed by atoms with Crippen molar-refractivity contribution in [3.63, 3.8) is 0 Å². The predicted molar refractivity (Wildman–Crippen MR) is 70.1 cm³/mol. The van der Waals surface area contributed by atoms with Gasteiger partial charge in [-0.25, -0.2) is 0 Å². The Bertz CT molecular complexity index is 394. The maximum absolute atomic E-state index is 11.9. The van der Waals surface area contributed by atoms with Gasteiger partial charge < -0.3 is 4.90 Å². The molecule has 0 N–H and O–H groups in total. The van der Waals surface area contributed by atoms with Crippen LogP contribution in [0.2, 0.25) is 0 Å². The molecule has 1 unspecified atom stereocenters. The largest absolute Gasteiger partial charge is 0.342 e. The molecule has 2 aliphatic rings. The maximum Gasteiger partial charge on any atom is 0.232 e. The zero-order valence-electron chi connectivity index (χ0n) is 11.7. The van der Waals surface area contributed by atoms with Crippen molar-refractivity contribution >= 4 is 17.7 Å². The molecule has 0 aromatic rings. The Balaban J connectivity index is 1.73. The van der Waals surface area contributed by atoms with Crippen LogP contribution in [0.4, 0.5) is 0 Å². The minimum atomic E-state index is -0.192. The Hall–Kier alpha value is -1.39. The molecule has 2 heterocycles. The molecule has 3 amide bonds. The van der Waals surface area contributed by atoms with E-state index in [0.29, 0.717) is 31.7 Å². The van der Waals surface area contributed by atoms with Crippen LogP contribution in [0.25, 0.3) is 0 Å². The number of carbonyl (C=O) groups excluding carboxylic acids is 3. The fraction of sp³-hybridized carbons (Fsp3) is 0.786. The highest BCUT2D eigenvalue weighted by atomic mass is 16.2. The number of carbonyl (C=O) groups is 3. The van der Waals surface area contributed by atoms with Gasteiger partial charge in [-0.1, -0.05) is 13.8 Å². The first-order chi connectivity index (χ1) is 8.99. The summed E-state index contributed by atoms with van der Waals surface area (Å²) in [4.78, 5) is 38.4.